The predicted molar refractivity (Wildman–Crippen MR) is 82.4 cm³/mol. The van der Waals surface area contributed by atoms with Crippen LogP contribution >= 0.6 is 0 Å². The molecule has 0 saturated carbocycles. The molecular formula is C17H21N3O. The van der Waals surface area contributed by atoms with Crippen molar-refractivity contribution in [2.75, 3.05) is 5.32 Å². The first-order valence-corrected chi connectivity index (χ1v) is 7.27. The number of nitriles is 2. The van der Waals surface area contributed by atoms with Gasteiger partial charge < -0.3 is 5.32 Å². The van der Waals surface area contributed by atoms with Crippen molar-refractivity contribution >= 4 is 11.6 Å². The minimum Gasteiger partial charge on any atom is -0.323 e. The minimum atomic E-state index is -1.01. The summed E-state index contributed by atoms with van der Waals surface area (Å²) in [6, 6.07) is 9.61. The van der Waals surface area contributed by atoms with Gasteiger partial charge >= 0.3 is 0 Å². The number of amides is 1. The van der Waals surface area contributed by atoms with Crippen LogP contribution < -0.4 is 5.32 Å². The molecule has 21 heavy (non-hydrogen) atoms. The molecule has 0 aliphatic carbocycles. The summed E-state index contributed by atoms with van der Waals surface area (Å²) in [5.74, 6) is -0.309. The zero-order chi connectivity index (χ0) is 15.9. The summed E-state index contributed by atoms with van der Waals surface area (Å²) in [6.07, 6.45) is 2.58. The molecule has 0 heterocycles. The van der Waals surface area contributed by atoms with E-state index in [2.05, 4.69) is 17.5 Å². The van der Waals surface area contributed by atoms with Crippen molar-refractivity contribution in [3.05, 3.63) is 29.3 Å². The van der Waals surface area contributed by atoms with E-state index in [9.17, 15) is 15.3 Å². The van der Waals surface area contributed by atoms with E-state index in [1.807, 2.05) is 26.8 Å². The molecule has 1 aromatic carbocycles. The number of anilines is 1. The Labute approximate surface area is 126 Å². The Morgan fingerprint density at radius 2 is 1.86 bits per heavy atom. The molecule has 0 atom stereocenters. The minimum absolute atomic E-state index is 0.309. The van der Waals surface area contributed by atoms with Crippen LogP contribution in [0.3, 0.4) is 0 Å². The molecule has 1 amide bonds. The number of nitrogens with zero attached hydrogens (tertiary/aromatic N) is 2. The molecule has 0 aromatic heterocycles. The zero-order valence-corrected chi connectivity index (χ0v) is 12.9. The van der Waals surface area contributed by atoms with E-state index >= 15 is 0 Å². The van der Waals surface area contributed by atoms with Crippen LogP contribution in [0.4, 0.5) is 5.69 Å². The molecule has 1 rings (SSSR count). The van der Waals surface area contributed by atoms with Crippen LogP contribution in [0.1, 0.15) is 50.7 Å². The number of carbonyl (C=O) groups is 1. The lowest BCUT2D eigenvalue weighted by atomic mass is 9.79. The normalized spacial score (nSPS) is 10.5. The van der Waals surface area contributed by atoms with Gasteiger partial charge in [-0.1, -0.05) is 38.8 Å². The van der Waals surface area contributed by atoms with Crippen LogP contribution in [0.25, 0.3) is 0 Å². The predicted octanol–water partition coefficient (Wildman–Crippen LogP) is 3.92. The third-order valence-corrected chi connectivity index (χ3v) is 3.64. The third kappa shape index (κ3) is 3.61. The van der Waals surface area contributed by atoms with Crippen molar-refractivity contribution in [3.63, 3.8) is 0 Å². The fourth-order valence-corrected chi connectivity index (χ4v) is 2.53. The van der Waals surface area contributed by atoms with E-state index in [4.69, 9.17) is 0 Å². The van der Waals surface area contributed by atoms with Crippen molar-refractivity contribution in [2.45, 2.75) is 46.5 Å². The topological polar surface area (TPSA) is 76.7 Å². The van der Waals surface area contributed by atoms with Gasteiger partial charge in [-0.25, -0.2) is 0 Å². The highest BCUT2D eigenvalue weighted by Crippen LogP contribution is 2.31. The molecule has 1 N–H and O–H groups in total. The second kappa shape index (κ2) is 7.45. The largest absolute Gasteiger partial charge is 0.323 e. The fraction of sp³-hybridized carbons (Fsp3) is 0.471. The monoisotopic (exact) mass is 283 g/mol. The number of rotatable bonds is 6. The molecule has 0 aliphatic rings. The van der Waals surface area contributed by atoms with Crippen LogP contribution in [-0.4, -0.2) is 5.91 Å². The summed E-state index contributed by atoms with van der Waals surface area (Å²) >= 11 is 0. The van der Waals surface area contributed by atoms with Crippen molar-refractivity contribution in [3.8, 4) is 12.1 Å². The molecule has 110 valence electrons. The highest BCUT2D eigenvalue weighted by atomic mass is 16.2. The molecule has 4 heteroatoms. The van der Waals surface area contributed by atoms with Gasteiger partial charge in [-0.3, -0.25) is 4.79 Å². The van der Waals surface area contributed by atoms with Gasteiger partial charge in [0, 0.05) is 0 Å². The fourth-order valence-electron chi connectivity index (χ4n) is 2.53. The van der Waals surface area contributed by atoms with Gasteiger partial charge in [0.25, 0.3) is 0 Å². The van der Waals surface area contributed by atoms with Crippen LogP contribution in [0, 0.1) is 35.0 Å². The first kappa shape index (κ1) is 16.7. The highest BCUT2D eigenvalue weighted by molar-refractivity contribution is 5.98. The van der Waals surface area contributed by atoms with E-state index in [-0.39, 0.29) is 5.91 Å². The molecular weight excluding hydrogens is 262 g/mol. The Bertz CT molecular complexity index is 587. The Hall–Kier alpha value is -2.33. The summed E-state index contributed by atoms with van der Waals surface area (Å²) in [4.78, 5) is 12.6. The Morgan fingerprint density at radius 1 is 1.24 bits per heavy atom. The van der Waals surface area contributed by atoms with Gasteiger partial charge in [0.15, 0.2) is 0 Å². The molecule has 0 radical (unpaired) electrons. The van der Waals surface area contributed by atoms with Gasteiger partial charge in [0.2, 0.25) is 5.91 Å². The molecule has 0 unspecified atom stereocenters. The summed E-state index contributed by atoms with van der Waals surface area (Å²) in [6.45, 7) is 5.74. The SMILES string of the molecule is CCCC(C#N)(CCC)C(=O)Nc1cccc(C)c1C#N. The highest BCUT2D eigenvalue weighted by Gasteiger charge is 2.37. The quantitative estimate of drug-likeness (QED) is 0.859. The third-order valence-electron chi connectivity index (χ3n) is 3.64. The number of hydrogen-bond donors (Lipinski definition) is 1. The van der Waals surface area contributed by atoms with E-state index in [1.165, 1.54) is 0 Å². The van der Waals surface area contributed by atoms with E-state index in [0.717, 1.165) is 18.4 Å². The van der Waals surface area contributed by atoms with Gasteiger partial charge in [-0.15, -0.1) is 0 Å². The van der Waals surface area contributed by atoms with E-state index in [0.29, 0.717) is 24.1 Å². The van der Waals surface area contributed by atoms with Crippen LogP contribution in [0.15, 0.2) is 18.2 Å². The van der Waals surface area contributed by atoms with Crippen LogP contribution in [0.2, 0.25) is 0 Å². The Kier molecular flexibility index (Phi) is 5.93. The number of aryl methyl sites for hydroxylation is 1. The van der Waals surface area contributed by atoms with Gasteiger partial charge in [0.1, 0.15) is 11.5 Å². The number of nitrogens with one attached hydrogen (secondary N) is 1. The molecule has 0 spiro atoms. The second-order valence-corrected chi connectivity index (χ2v) is 5.26. The first-order valence-electron chi connectivity index (χ1n) is 7.27. The van der Waals surface area contributed by atoms with Crippen molar-refractivity contribution < 1.29 is 4.79 Å². The summed E-state index contributed by atoms with van der Waals surface area (Å²) in [5.41, 5.74) is 0.726. The van der Waals surface area contributed by atoms with E-state index < -0.39 is 5.41 Å². The summed E-state index contributed by atoms with van der Waals surface area (Å²) in [5, 5.41) is 21.5. The number of benzene rings is 1. The maximum absolute atomic E-state index is 12.6. The van der Waals surface area contributed by atoms with Crippen molar-refractivity contribution in [1.82, 2.24) is 0 Å². The second-order valence-electron chi connectivity index (χ2n) is 5.26. The first-order chi connectivity index (χ1) is 10.0. The van der Waals surface area contributed by atoms with E-state index in [1.54, 1.807) is 12.1 Å². The Morgan fingerprint density at radius 3 is 2.33 bits per heavy atom. The lowest BCUT2D eigenvalue weighted by Gasteiger charge is -2.25. The zero-order valence-electron chi connectivity index (χ0n) is 12.9. The number of carbonyl (C=O) groups excluding carboxylic acids is 1. The molecule has 0 aliphatic heterocycles. The smallest absolute Gasteiger partial charge is 0.244 e. The van der Waals surface area contributed by atoms with Gasteiger partial charge in [-0.2, -0.15) is 10.5 Å². The Balaban J connectivity index is 3.12. The lowest BCUT2D eigenvalue weighted by molar-refractivity contribution is -0.123. The average Bonchev–Trinajstić information content (AvgIpc) is 2.47. The van der Waals surface area contributed by atoms with Gasteiger partial charge in [0.05, 0.1) is 17.3 Å². The summed E-state index contributed by atoms with van der Waals surface area (Å²) in [7, 11) is 0. The standard InChI is InChI=1S/C17H21N3O/c1-4-9-17(12-19,10-5-2)16(21)20-15-8-6-7-13(3)14(15)11-18/h6-8H,4-5,9-10H2,1-3H3,(H,20,21). The maximum Gasteiger partial charge on any atom is 0.244 e. The molecule has 1 aromatic rings. The lowest BCUT2D eigenvalue weighted by Crippen LogP contribution is -2.35. The van der Waals surface area contributed by atoms with Gasteiger partial charge in [-0.05, 0) is 31.4 Å². The van der Waals surface area contributed by atoms with Crippen molar-refractivity contribution in [1.29, 1.82) is 10.5 Å². The number of hydrogen-bond acceptors (Lipinski definition) is 3. The summed E-state index contributed by atoms with van der Waals surface area (Å²) < 4.78 is 0. The van der Waals surface area contributed by atoms with Crippen LogP contribution in [-0.2, 0) is 4.79 Å². The molecule has 0 fully saturated rings. The van der Waals surface area contributed by atoms with Crippen molar-refractivity contribution in [2.24, 2.45) is 5.41 Å². The molecule has 4 nitrogen and oxygen atoms in total. The van der Waals surface area contributed by atoms with Crippen LogP contribution in [0.5, 0.6) is 0 Å². The average molecular weight is 283 g/mol. The maximum atomic E-state index is 12.6. The molecule has 0 bridgehead atoms. The molecule has 0 saturated heterocycles.